The fourth-order valence-corrected chi connectivity index (χ4v) is 3.73. The number of aryl methyl sites for hydroxylation is 1. The predicted octanol–water partition coefficient (Wildman–Crippen LogP) is 3.21. The molecule has 0 spiro atoms. The van der Waals surface area contributed by atoms with Crippen LogP contribution in [0.25, 0.3) is 0 Å². The molecule has 0 bridgehead atoms. The van der Waals surface area contributed by atoms with Crippen molar-refractivity contribution in [2.45, 2.75) is 17.6 Å². The van der Waals surface area contributed by atoms with Gasteiger partial charge in [-0.1, -0.05) is 24.3 Å². The van der Waals surface area contributed by atoms with Gasteiger partial charge in [0.1, 0.15) is 5.82 Å². The number of hydrogen-bond acceptors (Lipinski definition) is 5. The van der Waals surface area contributed by atoms with E-state index in [0.29, 0.717) is 11.4 Å². The Morgan fingerprint density at radius 1 is 1.08 bits per heavy atom. The van der Waals surface area contributed by atoms with E-state index in [0.717, 1.165) is 5.69 Å². The monoisotopic (exact) mass is 356 g/mol. The Hall–Kier alpha value is -2.93. The van der Waals surface area contributed by atoms with Crippen molar-refractivity contribution in [1.29, 1.82) is 0 Å². The number of hydrogen-bond donors (Lipinski definition) is 1. The van der Waals surface area contributed by atoms with Gasteiger partial charge in [0.25, 0.3) is 5.91 Å². The summed E-state index contributed by atoms with van der Waals surface area (Å²) in [6.07, 6.45) is 1.30. The van der Waals surface area contributed by atoms with Crippen molar-refractivity contribution >= 4 is 21.6 Å². The molecule has 7 heteroatoms. The largest absolute Gasteiger partial charge is 0.459 e. The lowest BCUT2D eigenvalue weighted by atomic mass is 10.2. The lowest BCUT2D eigenvalue weighted by Gasteiger charge is -2.06. The van der Waals surface area contributed by atoms with E-state index in [1.165, 1.54) is 24.5 Å². The SMILES string of the molecule is Cc1cccc(NC(=O)c2occc2CS(=O)(=O)c2ccccc2)n1. The first kappa shape index (κ1) is 16.9. The molecule has 6 nitrogen and oxygen atoms in total. The molecule has 25 heavy (non-hydrogen) atoms. The predicted molar refractivity (Wildman–Crippen MR) is 93.0 cm³/mol. The first-order valence-corrected chi connectivity index (χ1v) is 9.20. The van der Waals surface area contributed by atoms with Crippen LogP contribution in [0.15, 0.2) is 70.2 Å². The minimum atomic E-state index is -3.57. The molecule has 3 rings (SSSR count). The average molecular weight is 356 g/mol. The Bertz CT molecular complexity index is 995. The zero-order chi connectivity index (χ0) is 17.9. The Morgan fingerprint density at radius 2 is 1.84 bits per heavy atom. The second-order valence-corrected chi connectivity index (χ2v) is 7.46. The number of nitrogens with one attached hydrogen (secondary N) is 1. The Labute approximate surface area is 145 Å². The first-order valence-electron chi connectivity index (χ1n) is 7.55. The van der Waals surface area contributed by atoms with Crippen molar-refractivity contribution < 1.29 is 17.6 Å². The van der Waals surface area contributed by atoms with E-state index in [1.54, 1.807) is 43.3 Å². The molecule has 128 valence electrons. The van der Waals surface area contributed by atoms with Crippen LogP contribution in [0.2, 0.25) is 0 Å². The lowest BCUT2D eigenvalue weighted by Crippen LogP contribution is -2.15. The maximum Gasteiger partial charge on any atom is 0.292 e. The summed E-state index contributed by atoms with van der Waals surface area (Å²) < 4.78 is 30.2. The van der Waals surface area contributed by atoms with Crippen LogP contribution in [-0.2, 0) is 15.6 Å². The number of benzene rings is 1. The molecule has 0 saturated heterocycles. The second-order valence-electron chi connectivity index (χ2n) is 5.47. The van der Waals surface area contributed by atoms with E-state index in [1.807, 2.05) is 0 Å². The highest BCUT2D eigenvalue weighted by Gasteiger charge is 2.22. The molecule has 0 aliphatic carbocycles. The zero-order valence-corrected chi connectivity index (χ0v) is 14.3. The van der Waals surface area contributed by atoms with Crippen molar-refractivity contribution in [3.8, 4) is 0 Å². The van der Waals surface area contributed by atoms with Gasteiger partial charge in [0.05, 0.1) is 16.9 Å². The highest BCUT2D eigenvalue weighted by Crippen LogP contribution is 2.20. The van der Waals surface area contributed by atoms with E-state index < -0.39 is 15.7 Å². The summed E-state index contributed by atoms with van der Waals surface area (Å²) in [5.74, 6) is -0.528. The summed E-state index contributed by atoms with van der Waals surface area (Å²) in [5.41, 5.74) is 1.05. The molecule has 0 aliphatic heterocycles. The number of aromatic nitrogens is 1. The standard InChI is InChI=1S/C18H16N2O4S/c1-13-6-5-9-16(19-13)20-18(21)17-14(10-11-24-17)12-25(22,23)15-7-3-2-4-8-15/h2-11H,12H2,1H3,(H,19,20,21). The number of sulfone groups is 1. The molecule has 1 amide bonds. The van der Waals surface area contributed by atoms with Crippen molar-refractivity contribution in [1.82, 2.24) is 4.98 Å². The van der Waals surface area contributed by atoms with Crippen LogP contribution in [0.3, 0.4) is 0 Å². The molecular weight excluding hydrogens is 340 g/mol. The normalized spacial score (nSPS) is 11.2. The Morgan fingerprint density at radius 3 is 2.56 bits per heavy atom. The van der Waals surface area contributed by atoms with Gasteiger partial charge in [0.2, 0.25) is 0 Å². The third kappa shape index (κ3) is 3.95. The van der Waals surface area contributed by atoms with Crippen molar-refractivity contribution in [3.63, 3.8) is 0 Å². The molecule has 1 aromatic carbocycles. The van der Waals surface area contributed by atoms with Gasteiger partial charge in [-0.2, -0.15) is 0 Å². The van der Waals surface area contributed by atoms with Crippen LogP contribution in [0.5, 0.6) is 0 Å². The van der Waals surface area contributed by atoms with E-state index in [4.69, 9.17) is 4.42 Å². The number of furan rings is 1. The third-order valence-electron chi connectivity index (χ3n) is 3.53. The number of carbonyl (C=O) groups is 1. The molecule has 0 saturated carbocycles. The highest BCUT2D eigenvalue weighted by molar-refractivity contribution is 7.90. The van der Waals surface area contributed by atoms with Gasteiger partial charge in [0.15, 0.2) is 15.6 Å². The minimum Gasteiger partial charge on any atom is -0.459 e. The third-order valence-corrected chi connectivity index (χ3v) is 5.21. The number of carbonyl (C=O) groups excluding carboxylic acids is 1. The molecule has 2 aromatic heterocycles. The summed E-state index contributed by atoms with van der Waals surface area (Å²) in [6.45, 7) is 1.81. The summed E-state index contributed by atoms with van der Waals surface area (Å²) in [5, 5.41) is 2.61. The van der Waals surface area contributed by atoms with Crippen LogP contribution in [0.4, 0.5) is 5.82 Å². The fourth-order valence-electron chi connectivity index (χ4n) is 2.35. The molecule has 0 aliphatic rings. The van der Waals surface area contributed by atoms with Crippen LogP contribution in [0.1, 0.15) is 21.8 Å². The number of anilines is 1. The molecule has 0 unspecified atom stereocenters. The fraction of sp³-hybridized carbons (Fsp3) is 0.111. The van der Waals surface area contributed by atoms with E-state index >= 15 is 0 Å². The van der Waals surface area contributed by atoms with Gasteiger partial charge in [-0.15, -0.1) is 0 Å². The second kappa shape index (κ2) is 6.90. The van der Waals surface area contributed by atoms with Crippen LogP contribution >= 0.6 is 0 Å². The van der Waals surface area contributed by atoms with Gasteiger partial charge >= 0.3 is 0 Å². The zero-order valence-electron chi connectivity index (χ0n) is 13.5. The molecule has 1 N–H and O–H groups in total. The van der Waals surface area contributed by atoms with E-state index in [-0.39, 0.29) is 16.4 Å². The quantitative estimate of drug-likeness (QED) is 0.758. The van der Waals surface area contributed by atoms with Crippen molar-refractivity contribution in [3.05, 3.63) is 77.9 Å². The summed E-state index contributed by atoms with van der Waals surface area (Å²) in [6, 6.07) is 14.8. The van der Waals surface area contributed by atoms with Gasteiger partial charge < -0.3 is 9.73 Å². The lowest BCUT2D eigenvalue weighted by molar-refractivity contribution is 0.0995. The molecule has 0 fully saturated rings. The van der Waals surface area contributed by atoms with Gasteiger partial charge in [0, 0.05) is 11.3 Å². The maximum absolute atomic E-state index is 12.5. The Balaban J connectivity index is 1.82. The molecule has 0 radical (unpaired) electrons. The molecule has 0 atom stereocenters. The number of pyridine rings is 1. The van der Waals surface area contributed by atoms with Crippen molar-refractivity contribution in [2.24, 2.45) is 0 Å². The van der Waals surface area contributed by atoms with Crippen LogP contribution < -0.4 is 5.32 Å². The average Bonchev–Trinajstić information content (AvgIpc) is 3.03. The number of amides is 1. The van der Waals surface area contributed by atoms with Gasteiger partial charge in [-0.3, -0.25) is 4.79 Å². The summed E-state index contributed by atoms with van der Waals surface area (Å²) >= 11 is 0. The maximum atomic E-state index is 12.5. The van der Waals surface area contributed by atoms with Crippen molar-refractivity contribution in [2.75, 3.05) is 5.32 Å². The van der Waals surface area contributed by atoms with Crippen LogP contribution in [0, 0.1) is 6.92 Å². The molecule has 2 heterocycles. The van der Waals surface area contributed by atoms with Crippen LogP contribution in [-0.4, -0.2) is 19.3 Å². The van der Waals surface area contributed by atoms with E-state index in [2.05, 4.69) is 10.3 Å². The molecule has 3 aromatic rings. The van der Waals surface area contributed by atoms with Gasteiger partial charge in [-0.25, -0.2) is 13.4 Å². The smallest absolute Gasteiger partial charge is 0.292 e. The summed E-state index contributed by atoms with van der Waals surface area (Å²) in [7, 11) is -3.57. The summed E-state index contributed by atoms with van der Waals surface area (Å²) in [4.78, 5) is 16.8. The van der Waals surface area contributed by atoms with E-state index in [9.17, 15) is 13.2 Å². The molecular formula is C18H16N2O4S. The minimum absolute atomic E-state index is 0.0391. The highest BCUT2D eigenvalue weighted by atomic mass is 32.2. The number of rotatable bonds is 5. The first-order chi connectivity index (χ1) is 12.0. The van der Waals surface area contributed by atoms with Gasteiger partial charge in [-0.05, 0) is 37.3 Å². The number of nitrogens with zero attached hydrogens (tertiary/aromatic N) is 1. The topological polar surface area (TPSA) is 89.3 Å². The Kier molecular flexibility index (Phi) is 4.67.